The summed E-state index contributed by atoms with van der Waals surface area (Å²) < 4.78 is 5.07. The third-order valence-electron chi connectivity index (χ3n) is 4.41. The van der Waals surface area contributed by atoms with E-state index in [1.807, 2.05) is 30.8 Å². The highest BCUT2D eigenvalue weighted by Gasteiger charge is 2.08. The molecule has 156 valence electrons. The normalized spacial score (nSPS) is 11.4. The predicted molar refractivity (Wildman–Crippen MR) is 119 cm³/mol. The molecule has 1 atom stereocenters. The van der Waals surface area contributed by atoms with Gasteiger partial charge in [0.25, 0.3) is 5.91 Å². The molecule has 29 heavy (non-hydrogen) atoms. The predicted octanol–water partition coefficient (Wildman–Crippen LogP) is 4.45. The molecule has 2 rings (SSSR count). The third-order valence-corrected chi connectivity index (χ3v) is 5.67. The number of carbonyl (C=O) groups excluding carboxylic acids is 2. The molecule has 0 aromatic heterocycles. The molecule has 0 saturated carbocycles. The Morgan fingerprint density at radius 2 is 1.76 bits per heavy atom. The van der Waals surface area contributed by atoms with E-state index >= 15 is 0 Å². The van der Waals surface area contributed by atoms with Crippen molar-refractivity contribution in [3.05, 3.63) is 53.6 Å². The van der Waals surface area contributed by atoms with Gasteiger partial charge in [-0.1, -0.05) is 13.8 Å². The number of carbonyl (C=O) groups is 2. The fourth-order valence-corrected chi connectivity index (χ4v) is 3.55. The van der Waals surface area contributed by atoms with Crippen molar-refractivity contribution in [2.24, 2.45) is 0 Å². The van der Waals surface area contributed by atoms with Gasteiger partial charge in [0.15, 0.2) is 0 Å². The molecular formula is C22H29N3O3S. The zero-order valence-corrected chi connectivity index (χ0v) is 18.2. The molecule has 2 aromatic carbocycles. The number of nitrogens with one attached hydrogen (secondary N) is 3. The van der Waals surface area contributed by atoms with Gasteiger partial charge in [-0.15, -0.1) is 11.8 Å². The second-order valence-electron chi connectivity index (χ2n) is 6.68. The van der Waals surface area contributed by atoms with E-state index < -0.39 is 0 Å². The first kappa shape index (κ1) is 22.6. The molecular weight excluding hydrogens is 386 g/mol. The Labute approximate surface area is 176 Å². The van der Waals surface area contributed by atoms with Crippen molar-refractivity contribution in [3.8, 4) is 5.75 Å². The van der Waals surface area contributed by atoms with Gasteiger partial charge in [0.1, 0.15) is 5.75 Å². The van der Waals surface area contributed by atoms with Gasteiger partial charge in [-0.05, 0) is 61.4 Å². The Kier molecular flexibility index (Phi) is 8.86. The van der Waals surface area contributed by atoms with Gasteiger partial charge in [0.05, 0.1) is 7.11 Å². The number of amides is 3. The van der Waals surface area contributed by atoms with Crippen molar-refractivity contribution in [3.63, 3.8) is 0 Å². The lowest BCUT2D eigenvalue weighted by Crippen LogP contribution is -2.36. The molecule has 2 aromatic rings. The van der Waals surface area contributed by atoms with Crippen molar-refractivity contribution in [1.29, 1.82) is 0 Å². The van der Waals surface area contributed by atoms with E-state index in [-0.39, 0.29) is 11.9 Å². The SMILES string of the molecule is CCC(C)Sc1ccc(NC(=O)NCCNC(=O)c2ccc(OC)cc2)c(C)c1. The minimum absolute atomic E-state index is 0.194. The first-order valence-electron chi connectivity index (χ1n) is 9.67. The number of hydrogen-bond acceptors (Lipinski definition) is 4. The molecule has 1 unspecified atom stereocenters. The largest absolute Gasteiger partial charge is 0.497 e. The molecule has 0 saturated heterocycles. The Morgan fingerprint density at radius 1 is 1.07 bits per heavy atom. The molecule has 6 nitrogen and oxygen atoms in total. The molecule has 0 bridgehead atoms. The minimum atomic E-state index is -0.297. The van der Waals surface area contributed by atoms with Gasteiger partial charge < -0.3 is 20.7 Å². The Bertz CT molecular complexity index is 825. The van der Waals surface area contributed by atoms with Gasteiger partial charge in [0, 0.05) is 34.5 Å². The molecule has 3 N–H and O–H groups in total. The highest BCUT2D eigenvalue weighted by molar-refractivity contribution is 7.99. The van der Waals surface area contributed by atoms with Crippen LogP contribution in [0.25, 0.3) is 0 Å². The summed E-state index contributed by atoms with van der Waals surface area (Å²) in [6, 6.07) is 12.6. The maximum atomic E-state index is 12.1. The Hall–Kier alpha value is -2.67. The molecule has 7 heteroatoms. The highest BCUT2D eigenvalue weighted by Crippen LogP contribution is 2.28. The average Bonchev–Trinajstić information content (AvgIpc) is 2.73. The first-order chi connectivity index (χ1) is 13.9. The zero-order valence-electron chi connectivity index (χ0n) is 17.4. The van der Waals surface area contributed by atoms with Gasteiger partial charge in [0.2, 0.25) is 0 Å². The summed E-state index contributed by atoms with van der Waals surface area (Å²) in [6.07, 6.45) is 1.11. The summed E-state index contributed by atoms with van der Waals surface area (Å²) in [5.41, 5.74) is 2.33. The standard InChI is InChI=1S/C22H29N3O3S/c1-5-16(3)29-19-10-11-20(15(2)14-19)25-22(27)24-13-12-23-21(26)17-6-8-18(28-4)9-7-17/h6-11,14,16H,5,12-13H2,1-4H3,(H,23,26)(H2,24,25,27). The van der Waals surface area contributed by atoms with Crippen LogP contribution in [0, 0.1) is 6.92 Å². The molecule has 0 fully saturated rings. The fourth-order valence-electron chi connectivity index (χ4n) is 2.53. The number of rotatable bonds is 9. The quantitative estimate of drug-likeness (QED) is 0.418. The van der Waals surface area contributed by atoms with Gasteiger partial charge in [-0.2, -0.15) is 0 Å². The van der Waals surface area contributed by atoms with Crippen LogP contribution < -0.4 is 20.7 Å². The summed E-state index contributed by atoms with van der Waals surface area (Å²) in [7, 11) is 1.58. The Balaban J connectivity index is 1.74. The van der Waals surface area contributed by atoms with Crippen LogP contribution in [0.5, 0.6) is 5.75 Å². The molecule has 0 aliphatic heterocycles. The van der Waals surface area contributed by atoms with Gasteiger partial charge in [-0.25, -0.2) is 4.79 Å². The number of anilines is 1. The summed E-state index contributed by atoms with van der Waals surface area (Å²) in [4.78, 5) is 25.4. The number of aryl methyl sites for hydroxylation is 1. The number of methoxy groups -OCH3 is 1. The van der Waals surface area contributed by atoms with Crippen molar-refractivity contribution < 1.29 is 14.3 Å². The number of urea groups is 1. The van der Waals surface area contributed by atoms with Gasteiger partial charge >= 0.3 is 6.03 Å². The summed E-state index contributed by atoms with van der Waals surface area (Å²) >= 11 is 1.83. The van der Waals surface area contributed by atoms with Crippen LogP contribution in [0.15, 0.2) is 47.4 Å². The topological polar surface area (TPSA) is 79.5 Å². The number of benzene rings is 2. The van der Waals surface area contributed by atoms with E-state index in [0.717, 1.165) is 17.7 Å². The number of thioether (sulfide) groups is 1. The number of hydrogen-bond donors (Lipinski definition) is 3. The third kappa shape index (κ3) is 7.34. The van der Waals surface area contributed by atoms with Crippen molar-refractivity contribution in [2.75, 3.05) is 25.5 Å². The highest BCUT2D eigenvalue weighted by atomic mass is 32.2. The van der Waals surface area contributed by atoms with E-state index in [4.69, 9.17) is 4.74 Å². The van der Waals surface area contributed by atoms with Crippen LogP contribution in [0.2, 0.25) is 0 Å². The van der Waals surface area contributed by atoms with Crippen molar-refractivity contribution in [1.82, 2.24) is 10.6 Å². The van der Waals surface area contributed by atoms with Crippen molar-refractivity contribution in [2.45, 2.75) is 37.3 Å². The molecule has 0 aliphatic carbocycles. The summed E-state index contributed by atoms with van der Waals surface area (Å²) in [6.45, 7) is 7.01. The van der Waals surface area contributed by atoms with Crippen LogP contribution in [0.4, 0.5) is 10.5 Å². The second kappa shape index (κ2) is 11.4. The maximum Gasteiger partial charge on any atom is 0.319 e. The van der Waals surface area contributed by atoms with Crippen LogP contribution in [0.1, 0.15) is 36.2 Å². The van der Waals surface area contributed by atoms with E-state index in [2.05, 4.69) is 35.9 Å². The lowest BCUT2D eigenvalue weighted by atomic mass is 10.2. The molecule has 0 radical (unpaired) electrons. The van der Waals surface area contributed by atoms with E-state index in [9.17, 15) is 9.59 Å². The van der Waals surface area contributed by atoms with Gasteiger partial charge in [-0.3, -0.25) is 4.79 Å². The maximum absolute atomic E-state index is 12.1. The second-order valence-corrected chi connectivity index (χ2v) is 8.19. The number of ether oxygens (including phenoxy) is 1. The Morgan fingerprint density at radius 3 is 2.38 bits per heavy atom. The summed E-state index contributed by atoms with van der Waals surface area (Å²) in [5, 5.41) is 8.93. The van der Waals surface area contributed by atoms with Crippen LogP contribution in [-0.2, 0) is 0 Å². The summed E-state index contributed by atoms with van der Waals surface area (Å²) in [5.74, 6) is 0.502. The molecule has 0 heterocycles. The van der Waals surface area contributed by atoms with Crippen molar-refractivity contribution >= 4 is 29.4 Å². The van der Waals surface area contributed by atoms with Crippen LogP contribution >= 0.6 is 11.8 Å². The van der Waals surface area contributed by atoms with Crippen LogP contribution in [-0.4, -0.2) is 37.4 Å². The first-order valence-corrected chi connectivity index (χ1v) is 10.5. The van der Waals surface area contributed by atoms with E-state index in [1.165, 1.54) is 4.90 Å². The molecule has 0 spiro atoms. The molecule has 3 amide bonds. The fraction of sp³-hybridized carbons (Fsp3) is 0.364. The smallest absolute Gasteiger partial charge is 0.319 e. The molecule has 0 aliphatic rings. The lowest BCUT2D eigenvalue weighted by Gasteiger charge is -2.13. The van der Waals surface area contributed by atoms with Crippen LogP contribution in [0.3, 0.4) is 0 Å². The van der Waals surface area contributed by atoms with E-state index in [1.54, 1.807) is 31.4 Å². The lowest BCUT2D eigenvalue weighted by molar-refractivity contribution is 0.0954. The van der Waals surface area contributed by atoms with E-state index in [0.29, 0.717) is 29.7 Å². The monoisotopic (exact) mass is 415 g/mol. The zero-order chi connectivity index (χ0) is 21.2. The minimum Gasteiger partial charge on any atom is -0.497 e. The average molecular weight is 416 g/mol.